The minimum Gasteiger partial charge on any atom is -0.348 e. The van der Waals surface area contributed by atoms with Crippen LogP contribution in [-0.2, 0) is 16.6 Å². The summed E-state index contributed by atoms with van der Waals surface area (Å²) in [5.41, 5.74) is 2.73. The topological polar surface area (TPSA) is 66.5 Å². The Kier molecular flexibility index (Phi) is 5.83. The molecule has 140 valence electrons. The predicted molar refractivity (Wildman–Crippen MR) is 99.1 cm³/mol. The van der Waals surface area contributed by atoms with Crippen molar-refractivity contribution in [3.63, 3.8) is 0 Å². The number of aryl methyl sites for hydroxylation is 2. The molecule has 26 heavy (non-hydrogen) atoms. The largest absolute Gasteiger partial charge is 0.348 e. The molecule has 0 unspecified atom stereocenters. The third kappa shape index (κ3) is 4.11. The van der Waals surface area contributed by atoms with E-state index in [1.54, 1.807) is 39.0 Å². The number of benzene rings is 2. The van der Waals surface area contributed by atoms with E-state index in [1.165, 1.54) is 26.2 Å². The molecule has 5 nitrogen and oxygen atoms in total. The van der Waals surface area contributed by atoms with E-state index in [9.17, 15) is 17.6 Å². The average Bonchev–Trinajstić information content (AvgIpc) is 2.57. The van der Waals surface area contributed by atoms with E-state index in [-0.39, 0.29) is 22.8 Å². The Morgan fingerprint density at radius 3 is 2.31 bits per heavy atom. The fourth-order valence-corrected chi connectivity index (χ4v) is 3.67. The predicted octanol–water partition coefficient (Wildman–Crippen LogP) is 2.93. The monoisotopic (exact) mass is 378 g/mol. The van der Waals surface area contributed by atoms with Crippen LogP contribution in [0.3, 0.4) is 0 Å². The summed E-state index contributed by atoms with van der Waals surface area (Å²) in [4.78, 5) is 12.6. The van der Waals surface area contributed by atoms with Gasteiger partial charge in [-0.05, 0) is 61.2 Å². The molecule has 0 spiro atoms. The molecule has 0 atom stereocenters. The van der Waals surface area contributed by atoms with E-state index in [0.717, 1.165) is 4.31 Å². The number of nitrogens with zero attached hydrogens (tertiary/aromatic N) is 1. The van der Waals surface area contributed by atoms with Crippen molar-refractivity contribution in [3.05, 3.63) is 64.0 Å². The Morgan fingerprint density at radius 1 is 1.08 bits per heavy atom. The Balaban J connectivity index is 2.29. The van der Waals surface area contributed by atoms with E-state index in [4.69, 9.17) is 0 Å². The lowest BCUT2D eigenvalue weighted by molar-refractivity contribution is 0.0950. The van der Waals surface area contributed by atoms with Gasteiger partial charge in [0.25, 0.3) is 5.91 Å². The van der Waals surface area contributed by atoms with E-state index >= 15 is 0 Å². The Morgan fingerprint density at radius 2 is 1.73 bits per heavy atom. The van der Waals surface area contributed by atoms with Gasteiger partial charge in [0.15, 0.2) is 0 Å². The summed E-state index contributed by atoms with van der Waals surface area (Å²) in [6.07, 6.45) is 0. The van der Waals surface area contributed by atoms with Crippen molar-refractivity contribution < 1.29 is 17.6 Å². The van der Waals surface area contributed by atoms with Crippen LogP contribution >= 0.6 is 0 Å². The summed E-state index contributed by atoms with van der Waals surface area (Å²) in [6.45, 7) is 5.29. The molecule has 0 fully saturated rings. The summed E-state index contributed by atoms with van der Waals surface area (Å²) < 4.78 is 39.7. The minimum atomic E-state index is -3.66. The lowest BCUT2D eigenvalue weighted by Gasteiger charge is -2.16. The molecule has 0 saturated carbocycles. The van der Waals surface area contributed by atoms with Crippen molar-refractivity contribution in [2.24, 2.45) is 0 Å². The fraction of sp³-hybridized carbons (Fsp3) is 0.316. The van der Waals surface area contributed by atoms with Crippen LogP contribution in [0.1, 0.15) is 32.6 Å². The molecular weight excluding hydrogens is 355 g/mol. The lowest BCUT2D eigenvalue weighted by Crippen LogP contribution is -2.26. The van der Waals surface area contributed by atoms with Crippen molar-refractivity contribution in [2.45, 2.75) is 32.2 Å². The SMILES string of the molecule is Cc1ccc(CNC(=O)c2cc(C)c(C)c(S(=O)(=O)N(C)C)c2)cc1F. The number of sulfonamides is 1. The van der Waals surface area contributed by atoms with Crippen LogP contribution in [0.25, 0.3) is 0 Å². The zero-order chi connectivity index (χ0) is 19.6. The number of hydrogen-bond donors (Lipinski definition) is 1. The second kappa shape index (κ2) is 7.55. The van der Waals surface area contributed by atoms with E-state index in [1.807, 2.05) is 0 Å². The van der Waals surface area contributed by atoms with Gasteiger partial charge in [-0.15, -0.1) is 0 Å². The number of amides is 1. The highest BCUT2D eigenvalue weighted by molar-refractivity contribution is 7.89. The zero-order valence-electron chi connectivity index (χ0n) is 15.6. The third-order valence-electron chi connectivity index (χ3n) is 4.33. The minimum absolute atomic E-state index is 0.106. The first-order chi connectivity index (χ1) is 12.0. The molecule has 0 heterocycles. The third-order valence-corrected chi connectivity index (χ3v) is 6.27. The number of rotatable bonds is 5. The zero-order valence-corrected chi connectivity index (χ0v) is 16.4. The van der Waals surface area contributed by atoms with Gasteiger partial charge in [0, 0.05) is 26.2 Å². The molecular formula is C19H23FN2O3S. The lowest BCUT2D eigenvalue weighted by atomic mass is 10.1. The molecule has 0 aliphatic rings. The van der Waals surface area contributed by atoms with Crippen LogP contribution in [0.2, 0.25) is 0 Å². The molecule has 0 saturated heterocycles. The Bertz CT molecular complexity index is 953. The first-order valence-electron chi connectivity index (χ1n) is 8.11. The second-order valence-corrected chi connectivity index (χ2v) is 8.59. The van der Waals surface area contributed by atoms with Gasteiger partial charge in [0.2, 0.25) is 10.0 Å². The highest BCUT2D eigenvalue weighted by Crippen LogP contribution is 2.23. The van der Waals surface area contributed by atoms with Crippen LogP contribution in [0.4, 0.5) is 4.39 Å². The van der Waals surface area contributed by atoms with Gasteiger partial charge in [-0.3, -0.25) is 4.79 Å². The molecule has 7 heteroatoms. The summed E-state index contributed by atoms with van der Waals surface area (Å²) in [5.74, 6) is -0.744. The Labute approximate surface area is 153 Å². The van der Waals surface area contributed by atoms with Crippen LogP contribution in [0.5, 0.6) is 0 Å². The summed E-state index contributed by atoms with van der Waals surface area (Å²) in [7, 11) is -0.765. The van der Waals surface area contributed by atoms with Gasteiger partial charge < -0.3 is 5.32 Å². The van der Waals surface area contributed by atoms with Crippen LogP contribution in [0, 0.1) is 26.6 Å². The van der Waals surface area contributed by atoms with Crippen LogP contribution in [0.15, 0.2) is 35.2 Å². The fourth-order valence-electron chi connectivity index (χ4n) is 2.45. The molecule has 2 rings (SSSR count). The van der Waals surface area contributed by atoms with Crippen molar-refractivity contribution in [1.29, 1.82) is 0 Å². The van der Waals surface area contributed by atoms with E-state index in [2.05, 4.69) is 5.32 Å². The molecule has 2 aromatic rings. The van der Waals surface area contributed by atoms with Crippen molar-refractivity contribution in [3.8, 4) is 0 Å². The van der Waals surface area contributed by atoms with Crippen molar-refractivity contribution in [2.75, 3.05) is 14.1 Å². The number of carbonyl (C=O) groups is 1. The first kappa shape index (κ1) is 20.1. The highest BCUT2D eigenvalue weighted by atomic mass is 32.2. The molecule has 0 aliphatic heterocycles. The maximum Gasteiger partial charge on any atom is 0.251 e. The van der Waals surface area contributed by atoms with E-state index < -0.39 is 15.9 Å². The summed E-state index contributed by atoms with van der Waals surface area (Å²) >= 11 is 0. The molecule has 1 amide bonds. The number of hydrogen-bond acceptors (Lipinski definition) is 3. The number of carbonyl (C=O) groups excluding carboxylic acids is 1. The highest BCUT2D eigenvalue weighted by Gasteiger charge is 2.22. The molecule has 0 aromatic heterocycles. The molecule has 0 radical (unpaired) electrons. The van der Waals surface area contributed by atoms with Gasteiger partial charge in [0.05, 0.1) is 4.90 Å². The van der Waals surface area contributed by atoms with Gasteiger partial charge in [-0.2, -0.15) is 0 Å². The van der Waals surface area contributed by atoms with Crippen molar-refractivity contribution >= 4 is 15.9 Å². The standard InChI is InChI=1S/C19H23FN2O3S/c1-12-6-7-15(9-17(12)20)11-21-19(23)16-8-13(2)14(3)18(10-16)26(24,25)22(4)5/h6-10H,11H2,1-5H3,(H,21,23). The first-order valence-corrected chi connectivity index (χ1v) is 9.55. The molecule has 1 N–H and O–H groups in total. The van der Waals surface area contributed by atoms with Gasteiger partial charge >= 0.3 is 0 Å². The molecule has 0 aliphatic carbocycles. The number of halogens is 1. The van der Waals surface area contributed by atoms with Crippen LogP contribution < -0.4 is 5.32 Å². The van der Waals surface area contributed by atoms with Gasteiger partial charge in [0.1, 0.15) is 5.82 Å². The number of nitrogens with one attached hydrogen (secondary N) is 1. The van der Waals surface area contributed by atoms with Gasteiger partial charge in [-0.1, -0.05) is 12.1 Å². The van der Waals surface area contributed by atoms with Crippen LogP contribution in [-0.4, -0.2) is 32.7 Å². The maximum absolute atomic E-state index is 13.6. The molecule has 2 aromatic carbocycles. The van der Waals surface area contributed by atoms with E-state index in [0.29, 0.717) is 22.3 Å². The quantitative estimate of drug-likeness (QED) is 0.870. The Hall–Kier alpha value is -2.25. The normalized spacial score (nSPS) is 11.7. The second-order valence-electron chi connectivity index (χ2n) is 6.47. The summed E-state index contributed by atoms with van der Waals surface area (Å²) in [6, 6.07) is 7.78. The average molecular weight is 378 g/mol. The maximum atomic E-state index is 13.6. The van der Waals surface area contributed by atoms with Crippen molar-refractivity contribution in [1.82, 2.24) is 9.62 Å². The summed E-state index contributed by atoms with van der Waals surface area (Å²) in [5, 5.41) is 2.70. The smallest absolute Gasteiger partial charge is 0.251 e. The van der Waals surface area contributed by atoms with Gasteiger partial charge in [-0.25, -0.2) is 17.1 Å². The molecule has 0 bridgehead atoms.